The summed E-state index contributed by atoms with van der Waals surface area (Å²) in [6.45, 7) is -1.95. The van der Waals surface area contributed by atoms with Crippen molar-refractivity contribution < 1.29 is 13.9 Å². The van der Waals surface area contributed by atoms with Crippen LogP contribution in [0.5, 0.6) is 0 Å². The molecule has 0 aliphatic rings. The molecule has 0 unspecified atom stereocenters. The zero-order valence-corrected chi connectivity index (χ0v) is 10.4. The van der Waals surface area contributed by atoms with Crippen molar-refractivity contribution in [2.45, 2.75) is 5.92 Å². The number of nitrogens with zero attached hydrogens (tertiary/aromatic N) is 1. The van der Waals surface area contributed by atoms with Gasteiger partial charge in [-0.25, -0.2) is 8.78 Å². The highest BCUT2D eigenvalue weighted by molar-refractivity contribution is 5.91. The van der Waals surface area contributed by atoms with Crippen molar-refractivity contribution in [2.24, 2.45) is 7.05 Å². The van der Waals surface area contributed by atoms with Crippen LogP contribution in [0, 0.1) is 0 Å². The van der Waals surface area contributed by atoms with Crippen molar-refractivity contribution in [2.75, 3.05) is 18.5 Å². The van der Waals surface area contributed by atoms with Crippen LogP contribution >= 0.6 is 0 Å². The maximum Gasteiger partial charge on any atom is 0.287 e. The second-order valence-corrected chi connectivity index (χ2v) is 4.34. The third-order valence-corrected chi connectivity index (χ3v) is 2.92. The molecule has 0 saturated heterocycles. The second-order valence-electron chi connectivity index (χ2n) is 4.34. The smallest absolute Gasteiger partial charge is 0.287 e. The molecule has 0 atom stereocenters. The molecule has 1 aromatic carbocycles. The first-order valence-electron chi connectivity index (χ1n) is 5.76. The van der Waals surface area contributed by atoms with Crippen molar-refractivity contribution >= 4 is 16.6 Å². The Bertz CT molecular complexity index is 653. The molecule has 0 fully saturated rings. The average Bonchev–Trinajstić information content (AvgIpc) is 2.41. The van der Waals surface area contributed by atoms with Crippen LogP contribution in [0.1, 0.15) is 0 Å². The van der Waals surface area contributed by atoms with Gasteiger partial charge in [0.05, 0.1) is 12.1 Å². The molecule has 0 radical (unpaired) electrons. The molecule has 1 aromatic heterocycles. The lowest BCUT2D eigenvalue weighted by atomic mass is 10.1. The van der Waals surface area contributed by atoms with E-state index in [-0.39, 0.29) is 5.56 Å². The van der Waals surface area contributed by atoms with Gasteiger partial charge in [-0.05, 0) is 6.07 Å². The number of aromatic nitrogens is 1. The summed E-state index contributed by atoms with van der Waals surface area (Å²) in [6, 6.07) is 8.30. The van der Waals surface area contributed by atoms with E-state index < -0.39 is 19.1 Å². The normalized spacial score (nSPS) is 11.8. The standard InChI is InChI=1S/C13H14F2N2O2/c1-17-11-5-3-2-4-9(11)10(6-12(17)19)16-7-13(14,15)8-18/h2-6,16,18H,7-8H2,1H3. The number of aliphatic hydroxyl groups excluding tert-OH is 1. The van der Waals surface area contributed by atoms with E-state index in [1.165, 1.54) is 10.6 Å². The Hall–Kier alpha value is -1.95. The Morgan fingerprint density at radius 2 is 2.05 bits per heavy atom. The number of rotatable bonds is 4. The number of aliphatic hydroxyl groups is 1. The van der Waals surface area contributed by atoms with E-state index in [1.807, 2.05) is 0 Å². The average molecular weight is 268 g/mol. The number of nitrogens with one attached hydrogen (secondary N) is 1. The van der Waals surface area contributed by atoms with E-state index >= 15 is 0 Å². The molecule has 4 nitrogen and oxygen atoms in total. The summed E-state index contributed by atoms with van der Waals surface area (Å²) in [5.41, 5.74) is 0.713. The van der Waals surface area contributed by atoms with Crippen molar-refractivity contribution in [1.82, 2.24) is 4.57 Å². The monoisotopic (exact) mass is 268 g/mol. The third kappa shape index (κ3) is 2.73. The number of aryl methyl sites for hydroxylation is 1. The lowest BCUT2D eigenvalue weighted by Gasteiger charge is -2.16. The minimum Gasteiger partial charge on any atom is -0.390 e. The van der Waals surface area contributed by atoms with Gasteiger partial charge >= 0.3 is 0 Å². The van der Waals surface area contributed by atoms with Crippen LogP contribution in [-0.2, 0) is 7.05 Å². The predicted molar refractivity (Wildman–Crippen MR) is 69.7 cm³/mol. The van der Waals surface area contributed by atoms with Gasteiger partial charge in [-0.2, -0.15) is 0 Å². The van der Waals surface area contributed by atoms with Crippen molar-refractivity contribution in [3.8, 4) is 0 Å². The highest BCUT2D eigenvalue weighted by atomic mass is 19.3. The number of alkyl halides is 2. The van der Waals surface area contributed by atoms with Gasteiger partial charge in [0.2, 0.25) is 0 Å². The van der Waals surface area contributed by atoms with Gasteiger partial charge in [0.25, 0.3) is 11.5 Å². The van der Waals surface area contributed by atoms with Gasteiger partial charge in [-0.3, -0.25) is 4.79 Å². The maximum absolute atomic E-state index is 13.0. The van der Waals surface area contributed by atoms with Crippen LogP contribution in [0.15, 0.2) is 35.1 Å². The van der Waals surface area contributed by atoms with Crippen LogP contribution in [0.2, 0.25) is 0 Å². The van der Waals surface area contributed by atoms with Gasteiger partial charge < -0.3 is 15.0 Å². The lowest BCUT2D eigenvalue weighted by molar-refractivity contribution is -0.0372. The number of pyridine rings is 1. The molecule has 102 valence electrons. The number of para-hydroxylation sites is 1. The summed E-state index contributed by atoms with van der Waals surface area (Å²) in [6.07, 6.45) is 0. The first-order chi connectivity index (χ1) is 8.94. The topological polar surface area (TPSA) is 54.3 Å². The zero-order valence-electron chi connectivity index (χ0n) is 10.4. The summed E-state index contributed by atoms with van der Waals surface area (Å²) in [5, 5.41) is 11.7. The first kappa shape index (κ1) is 13.5. The van der Waals surface area contributed by atoms with E-state index in [0.717, 1.165) is 0 Å². The highest BCUT2D eigenvalue weighted by Crippen LogP contribution is 2.22. The van der Waals surface area contributed by atoms with Crippen LogP contribution in [-0.4, -0.2) is 28.7 Å². The van der Waals surface area contributed by atoms with Crippen LogP contribution in [0.3, 0.4) is 0 Å². The van der Waals surface area contributed by atoms with Crippen LogP contribution in [0.4, 0.5) is 14.5 Å². The quantitative estimate of drug-likeness (QED) is 0.885. The molecule has 19 heavy (non-hydrogen) atoms. The van der Waals surface area contributed by atoms with Crippen molar-refractivity contribution in [1.29, 1.82) is 0 Å². The van der Waals surface area contributed by atoms with E-state index in [4.69, 9.17) is 5.11 Å². The molecule has 0 saturated carbocycles. The van der Waals surface area contributed by atoms with Crippen LogP contribution in [0.25, 0.3) is 10.9 Å². The molecule has 2 aromatic rings. The summed E-state index contributed by atoms with van der Waals surface area (Å²) < 4.78 is 27.5. The maximum atomic E-state index is 13.0. The number of halogens is 2. The fourth-order valence-electron chi connectivity index (χ4n) is 1.84. The number of hydrogen-bond acceptors (Lipinski definition) is 3. The Morgan fingerprint density at radius 1 is 1.37 bits per heavy atom. The molecule has 1 heterocycles. The molecular formula is C13H14F2N2O2. The molecule has 0 aliphatic heterocycles. The molecule has 0 spiro atoms. The molecular weight excluding hydrogens is 254 g/mol. The largest absolute Gasteiger partial charge is 0.390 e. The molecule has 0 aliphatic carbocycles. The van der Waals surface area contributed by atoms with E-state index in [1.54, 1.807) is 31.3 Å². The Kier molecular flexibility index (Phi) is 3.53. The van der Waals surface area contributed by atoms with E-state index in [2.05, 4.69) is 5.32 Å². The Labute approximate surface area is 108 Å². The molecule has 2 rings (SSSR count). The summed E-state index contributed by atoms with van der Waals surface area (Å²) in [5.74, 6) is -3.22. The number of hydrogen-bond donors (Lipinski definition) is 2. The Balaban J connectivity index is 2.44. The van der Waals surface area contributed by atoms with Gasteiger partial charge in [0.15, 0.2) is 0 Å². The number of anilines is 1. The molecule has 6 heteroatoms. The molecule has 0 amide bonds. The fourth-order valence-corrected chi connectivity index (χ4v) is 1.84. The van der Waals surface area contributed by atoms with Gasteiger partial charge in [-0.1, -0.05) is 18.2 Å². The summed E-state index contributed by atoms with van der Waals surface area (Å²) in [4.78, 5) is 11.7. The predicted octanol–water partition coefficient (Wildman–Crippen LogP) is 1.58. The molecule has 2 N–H and O–H groups in total. The minimum atomic E-state index is -3.22. The van der Waals surface area contributed by atoms with Crippen molar-refractivity contribution in [3.63, 3.8) is 0 Å². The van der Waals surface area contributed by atoms with Gasteiger partial charge in [0, 0.05) is 24.2 Å². The Morgan fingerprint density at radius 3 is 2.74 bits per heavy atom. The first-order valence-corrected chi connectivity index (χ1v) is 5.76. The van der Waals surface area contributed by atoms with Crippen molar-refractivity contribution in [3.05, 3.63) is 40.7 Å². The van der Waals surface area contributed by atoms with E-state index in [0.29, 0.717) is 16.6 Å². The SMILES string of the molecule is Cn1c(=O)cc(NCC(F)(F)CO)c2ccccc21. The summed E-state index contributed by atoms with van der Waals surface area (Å²) in [7, 11) is 1.62. The van der Waals surface area contributed by atoms with Crippen LogP contribution < -0.4 is 10.9 Å². The van der Waals surface area contributed by atoms with Gasteiger partial charge in [-0.15, -0.1) is 0 Å². The van der Waals surface area contributed by atoms with E-state index in [9.17, 15) is 13.6 Å². The third-order valence-electron chi connectivity index (χ3n) is 2.92. The lowest BCUT2D eigenvalue weighted by Crippen LogP contribution is -2.31. The minimum absolute atomic E-state index is 0.284. The number of benzene rings is 1. The fraction of sp³-hybridized carbons (Fsp3) is 0.308. The zero-order chi connectivity index (χ0) is 14.0. The summed E-state index contributed by atoms with van der Waals surface area (Å²) >= 11 is 0. The molecule has 0 bridgehead atoms. The second kappa shape index (κ2) is 4.97. The van der Waals surface area contributed by atoms with Gasteiger partial charge in [0.1, 0.15) is 6.61 Å². The number of fused-ring (bicyclic) bond motifs is 1. The highest BCUT2D eigenvalue weighted by Gasteiger charge is 2.27.